The highest BCUT2D eigenvalue weighted by Crippen LogP contribution is 2.68. The molecule has 0 atom stereocenters. The summed E-state index contributed by atoms with van der Waals surface area (Å²) in [5.41, 5.74) is -0.212. The number of rotatable bonds is 1. The molecule has 0 aliphatic heterocycles. The van der Waals surface area contributed by atoms with Gasteiger partial charge in [0.05, 0.1) is 5.92 Å². The van der Waals surface area contributed by atoms with Crippen LogP contribution in [0.5, 0.6) is 0 Å². The quantitative estimate of drug-likeness (QED) is 0.605. The van der Waals surface area contributed by atoms with E-state index in [1.54, 1.807) is 0 Å². The van der Waals surface area contributed by atoms with Crippen molar-refractivity contribution in [1.82, 2.24) is 0 Å². The highest BCUT2D eigenvalue weighted by atomic mass is 16.6. The third kappa shape index (κ3) is 1.67. The summed E-state index contributed by atoms with van der Waals surface area (Å²) in [6.45, 7) is 14.2. The molecular formula is C12H22O2. The largest absolute Gasteiger partial charge is 0.460 e. The fraction of sp³-hybridized carbons (Fsp3) is 0.917. The van der Waals surface area contributed by atoms with E-state index in [1.165, 1.54) is 0 Å². The molecule has 2 nitrogen and oxygen atoms in total. The highest BCUT2D eigenvalue weighted by molar-refractivity contribution is 5.79. The van der Waals surface area contributed by atoms with E-state index in [0.717, 1.165) is 0 Å². The first kappa shape index (κ1) is 11.5. The lowest BCUT2D eigenvalue weighted by molar-refractivity contribution is -0.157. The minimum Gasteiger partial charge on any atom is -0.460 e. The Morgan fingerprint density at radius 2 is 1.43 bits per heavy atom. The van der Waals surface area contributed by atoms with Gasteiger partial charge in [-0.25, -0.2) is 0 Å². The first-order valence-electron chi connectivity index (χ1n) is 5.23. The number of carbonyl (C=O) groups is 1. The summed E-state index contributed by atoms with van der Waals surface area (Å²) in [5, 5.41) is 0. The van der Waals surface area contributed by atoms with Crippen molar-refractivity contribution in [1.29, 1.82) is 0 Å². The van der Waals surface area contributed by atoms with Gasteiger partial charge in [0, 0.05) is 0 Å². The van der Waals surface area contributed by atoms with Gasteiger partial charge >= 0.3 is 5.97 Å². The van der Waals surface area contributed by atoms with Crippen molar-refractivity contribution in [2.24, 2.45) is 16.7 Å². The summed E-state index contributed by atoms with van der Waals surface area (Å²) in [7, 11) is 0. The van der Waals surface area contributed by atoms with Gasteiger partial charge in [0.2, 0.25) is 0 Å². The number of esters is 1. The topological polar surface area (TPSA) is 26.3 Å². The second-order valence-corrected chi connectivity index (χ2v) is 6.41. The van der Waals surface area contributed by atoms with Crippen LogP contribution in [0.4, 0.5) is 0 Å². The van der Waals surface area contributed by atoms with E-state index in [4.69, 9.17) is 4.74 Å². The van der Waals surface area contributed by atoms with Crippen molar-refractivity contribution in [2.45, 2.75) is 54.1 Å². The maximum Gasteiger partial charge on any atom is 0.310 e. The van der Waals surface area contributed by atoms with Crippen molar-refractivity contribution >= 4 is 5.97 Å². The molecule has 0 aromatic rings. The highest BCUT2D eigenvalue weighted by Gasteiger charge is 2.69. The minimum atomic E-state index is -0.369. The Balaban J connectivity index is 2.68. The van der Waals surface area contributed by atoms with Crippen LogP contribution in [0.1, 0.15) is 48.5 Å². The lowest BCUT2D eigenvalue weighted by atomic mass is 10.0. The van der Waals surface area contributed by atoms with Crippen LogP contribution in [0.3, 0.4) is 0 Å². The maximum absolute atomic E-state index is 11.8. The van der Waals surface area contributed by atoms with Crippen LogP contribution in [-0.2, 0) is 9.53 Å². The van der Waals surface area contributed by atoms with Gasteiger partial charge in [-0.3, -0.25) is 4.79 Å². The standard InChI is InChI=1S/C12H22O2/c1-10(2,3)14-9(13)8-11(4,5)12(8,6)7/h8H,1-7H3. The van der Waals surface area contributed by atoms with Gasteiger partial charge in [0.1, 0.15) is 5.60 Å². The fourth-order valence-electron chi connectivity index (χ4n) is 2.15. The minimum absolute atomic E-state index is 0.0486. The van der Waals surface area contributed by atoms with Crippen molar-refractivity contribution in [3.8, 4) is 0 Å². The van der Waals surface area contributed by atoms with Crippen molar-refractivity contribution in [3.05, 3.63) is 0 Å². The van der Waals surface area contributed by atoms with Crippen LogP contribution >= 0.6 is 0 Å². The number of carbonyl (C=O) groups excluding carboxylic acids is 1. The van der Waals surface area contributed by atoms with Gasteiger partial charge < -0.3 is 4.74 Å². The summed E-state index contributed by atoms with van der Waals surface area (Å²) in [5.74, 6) is 0.00160. The van der Waals surface area contributed by atoms with E-state index in [0.29, 0.717) is 0 Å². The normalized spacial score (nSPS) is 24.5. The molecular weight excluding hydrogens is 176 g/mol. The van der Waals surface area contributed by atoms with E-state index in [-0.39, 0.29) is 28.3 Å². The van der Waals surface area contributed by atoms with Gasteiger partial charge in [-0.2, -0.15) is 0 Å². The van der Waals surface area contributed by atoms with Crippen LogP contribution in [0.25, 0.3) is 0 Å². The van der Waals surface area contributed by atoms with Crippen LogP contribution < -0.4 is 0 Å². The smallest absolute Gasteiger partial charge is 0.310 e. The third-order valence-electron chi connectivity index (χ3n) is 3.66. The monoisotopic (exact) mass is 198 g/mol. The molecule has 0 radical (unpaired) electrons. The van der Waals surface area contributed by atoms with Crippen LogP contribution in [0.2, 0.25) is 0 Å². The van der Waals surface area contributed by atoms with Crippen molar-refractivity contribution in [2.75, 3.05) is 0 Å². The zero-order valence-corrected chi connectivity index (χ0v) is 10.4. The molecule has 0 saturated heterocycles. The fourth-order valence-corrected chi connectivity index (χ4v) is 2.15. The lowest BCUT2D eigenvalue weighted by Gasteiger charge is -2.20. The van der Waals surface area contributed by atoms with E-state index < -0.39 is 0 Å². The average Bonchev–Trinajstić information content (AvgIpc) is 2.17. The molecule has 0 N–H and O–H groups in total. The Bertz CT molecular complexity index is 242. The predicted octanol–water partition coefficient (Wildman–Crippen LogP) is 3.01. The van der Waals surface area contributed by atoms with Gasteiger partial charge in [-0.1, -0.05) is 27.7 Å². The third-order valence-corrected chi connectivity index (χ3v) is 3.66. The van der Waals surface area contributed by atoms with Gasteiger partial charge in [-0.05, 0) is 31.6 Å². The van der Waals surface area contributed by atoms with Crippen LogP contribution in [0.15, 0.2) is 0 Å². The molecule has 0 aromatic heterocycles. The first-order valence-corrected chi connectivity index (χ1v) is 5.23. The van der Waals surface area contributed by atoms with Gasteiger partial charge in [0.25, 0.3) is 0 Å². The Morgan fingerprint density at radius 3 is 1.64 bits per heavy atom. The molecule has 1 fully saturated rings. The Kier molecular flexibility index (Phi) is 2.26. The predicted molar refractivity (Wildman–Crippen MR) is 56.9 cm³/mol. The molecule has 0 unspecified atom stereocenters. The Labute approximate surface area is 87.0 Å². The molecule has 1 aliphatic rings. The summed E-state index contributed by atoms with van der Waals surface area (Å²) < 4.78 is 5.39. The number of ether oxygens (including phenoxy) is 1. The summed E-state index contributed by atoms with van der Waals surface area (Å²) in [6.07, 6.45) is 0. The van der Waals surface area contributed by atoms with E-state index >= 15 is 0 Å². The van der Waals surface area contributed by atoms with Crippen LogP contribution in [0, 0.1) is 16.7 Å². The molecule has 0 bridgehead atoms. The summed E-state index contributed by atoms with van der Waals surface area (Å²) >= 11 is 0. The molecule has 82 valence electrons. The number of hydrogen-bond acceptors (Lipinski definition) is 2. The summed E-state index contributed by atoms with van der Waals surface area (Å²) in [6, 6.07) is 0. The molecule has 1 aliphatic carbocycles. The summed E-state index contributed by atoms with van der Waals surface area (Å²) in [4.78, 5) is 11.8. The second kappa shape index (κ2) is 2.74. The van der Waals surface area contributed by atoms with Gasteiger partial charge in [-0.15, -0.1) is 0 Å². The molecule has 1 rings (SSSR count). The molecule has 0 heterocycles. The van der Waals surface area contributed by atoms with E-state index in [1.807, 2.05) is 20.8 Å². The van der Waals surface area contributed by atoms with Crippen molar-refractivity contribution < 1.29 is 9.53 Å². The zero-order chi connectivity index (χ0) is 11.4. The van der Waals surface area contributed by atoms with Crippen LogP contribution in [-0.4, -0.2) is 11.6 Å². The maximum atomic E-state index is 11.8. The van der Waals surface area contributed by atoms with Crippen molar-refractivity contribution in [3.63, 3.8) is 0 Å². The zero-order valence-electron chi connectivity index (χ0n) is 10.4. The molecule has 14 heavy (non-hydrogen) atoms. The lowest BCUT2D eigenvalue weighted by Crippen LogP contribution is -2.26. The first-order chi connectivity index (χ1) is 6.00. The molecule has 0 amide bonds. The Hall–Kier alpha value is -0.530. The molecule has 0 spiro atoms. The molecule has 2 heteroatoms. The number of hydrogen-bond donors (Lipinski definition) is 0. The van der Waals surface area contributed by atoms with Gasteiger partial charge in [0.15, 0.2) is 0 Å². The second-order valence-electron chi connectivity index (χ2n) is 6.41. The van der Waals surface area contributed by atoms with E-state index in [2.05, 4.69) is 27.7 Å². The molecule has 1 saturated carbocycles. The van der Waals surface area contributed by atoms with E-state index in [9.17, 15) is 4.79 Å². The average molecular weight is 198 g/mol. The SMILES string of the molecule is CC(C)(C)OC(=O)C1C(C)(C)C1(C)C. The Morgan fingerprint density at radius 1 is 1.07 bits per heavy atom. The molecule has 0 aromatic carbocycles.